The molecule has 5 aromatic rings. The van der Waals surface area contributed by atoms with Crippen molar-refractivity contribution in [2.45, 2.75) is 71.9 Å². The molecule has 1 N–H and O–H groups in total. The van der Waals surface area contributed by atoms with Crippen molar-refractivity contribution in [2.75, 3.05) is 6.54 Å². The Morgan fingerprint density at radius 1 is 1.08 bits per heavy atom. The molecule has 0 amide bonds. The molecule has 1 unspecified atom stereocenters. The Bertz CT molecular complexity index is 1670. The maximum Gasteiger partial charge on any atom is 0.158 e. The molecule has 5 heterocycles. The van der Waals surface area contributed by atoms with E-state index < -0.39 is 0 Å². The first-order chi connectivity index (χ1) is 18.3. The summed E-state index contributed by atoms with van der Waals surface area (Å²) in [7, 11) is 0. The number of aryl methyl sites for hydroxylation is 2. The van der Waals surface area contributed by atoms with Gasteiger partial charge >= 0.3 is 0 Å². The Hall–Kier alpha value is -2.48. The number of pyridine rings is 1. The van der Waals surface area contributed by atoms with E-state index in [1.165, 1.54) is 68.7 Å². The van der Waals surface area contributed by atoms with Gasteiger partial charge in [0.1, 0.15) is 11.2 Å². The summed E-state index contributed by atoms with van der Waals surface area (Å²) >= 11 is 5.58. The number of rotatable bonds is 5. The Morgan fingerprint density at radius 2 is 1.87 bits per heavy atom. The van der Waals surface area contributed by atoms with Crippen LogP contribution >= 0.6 is 27.3 Å². The fourth-order valence-electron chi connectivity index (χ4n) is 7.23. The highest BCUT2D eigenvalue weighted by molar-refractivity contribution is 9.10. The topological polar surface area (TPSA) is 49.2 Å². The summed E-state index contributed by atoms with van der Waals surface area (Å²) in [6, 6.07) is 9.55. The lowest BCUT2D eigenvalue weighted by Crippen LogP contribution is -2.34. The van der Waals surface area contributed by atoms with Crippen LogP contribution in [0.1, 0.15) is 71.2 Å². The molecule has 38 heavy (non-hydrogen) atoms. The normalized spacial score (nSPS) is 21.6. The standard InChI is InChI=1S/C31H34BrN5S/c1-16(2)26-27-19(5)29(24-11-23-10-21(24)13-36(23)12-20-6-8-22(32)9-7-20)38-31(27)35-28(26)25-14-37-30(33-15-34-37)18(4)17(25)3/h6-9,14-16,21,23-24,35H,10-13H2,1-5H3/t21-,23?,24+/m0/s1. The van der Waals surface area contributed by atoms with Gasteiger partial charge in [-0.05, 0) is 91.3 Å². The Balaban J connectivity index is 1.22. The average Bonchev–Trinajstić information content (AvgIpc) is 3.70. The van der Waals surface area contributed by atoms with Gasteiger partial charge in [-0.25, -0.2) is 9.50 Å². The van der Waals surface area contributed by atoms with Crippen LogP contribution in [0.25, 0.3) is 27.1 Å². The van der Waals surface area contributed by atoms with Gasteiger partial charge < -0.3 is 4.98 Å². The molecule has 1 aliphatic carbocycles. The lowest BCUT2D eigenvalue weighted by molar-refractivity contribution is 0.192. The summed E-state index contributed by atoms with van der Waals surface area (Å²) in [5, 5.41) is 5.91. The molecular weight excluding hydrogens is 554 g/mol. The van der Waals surface area contributed by atoms with Crippen LogP contribution in [0, 0.1) is 26.7 Å². The van der Waals surface area contributed by atoms with E-state index in [1.54, 1.807) is 11.2 Å². The van der Waals surface area contributed by atoms with Gasteiger partial charge in [0.05, 0.1) is 5.69 Å². The van der Waals surface area contributed by atoms with Crippen molar-refractivity contribution in [2.24, 2.45) is 5.92 Å². The second-order valence-corrected chi connectivity index (χ2v) is 13.7. The molecular formula is C31H34BrN5S. The van der Waals surface area contributed by atoms with Crippen LogP contribution < -0.4 is 0 Å². The number of nitrogens with zero attached hydrogens (tertiary/aromatic N) is 4. The number of aromatic amines is 1. The quantitative estimate of drug-likeness (QED) is 0.226. The lowest BCUT2D eigenvalue weighted by Gasteiger charge is -2.31. The third-order valence-electron chi connectivity index (χ3n) is 9.22. The van der Waals surface area contributed by atoms with Crippen molar-refractivity contribution in [3.05, 3.63) is 74.0 Å². The number of nitrogens with one attached hydrogen (secondary N) is 1. The number of halogens is 1. The number of likely N-dealkylation sites (tertiary alicyclic amines) is 1. The van der Waals surface area contributed by atoms with Crippen LogP contribution in [-0.2, 0) is 6.54 Å². The van der Waals surface area contributed by atoms with E-state index in [9.17, 15) is 0 Å². The van der Waals surface area contributed by atoms with Crippen LogP contribution in [0.2, 0.25) is 0 Å². The second kappa shape index (κ2) is 9.04. The van der Waals surface area contributed by atoms with Crippen molar-refractivity contribution in [3.63, 3.8) is 0 Å². The number of piperidine rings is 1. The number of thiophene rings is 1. The number of benzene rings is 1. The van der Waals surface area contributed by atoms with Crippen molar-refractivity contribution >= 4 is 43.1 Å². The molecule has 1 aromatic carbocycles. The monoisotopic (exact) mass is 587 g/mol. The SMILES string of the molecule is Cc1c(-c2[nH]c3sc([C@@H]4CC5C[C@H]4CN5Cc4ccc(Br)cc4)c(C)c3c2C(C)C)cn2ncnc2c1C. The summed E-state index contributed by atoms with van der Waals surface area (Å²) < 4.78 is 3.07. The highest BCUT2D eigenvalue weighted by Gasteiger charge is 2.46. The van der Waals surface area contributed by atoms with Crippen molar-refractivity contribution < 1.29 is 0 Å². The molecule has 0 radical (unpaired) electrons. The van der Waals surface area contributed by atoms with Crippen LogP contribution in [-0.4, -0.2) is 37.1 Å². The van der Waals surface area contributed by atoms with E-state index in [0.717, 1.165) is 22.6 Å². The number of hydrogen-bond donors (Lipinski definition) is 1. The number of hydrogen-bond acceptors (Lipinski definition) is 4. The second-order valence-electron chi connectivity index (χ2n) is 11.7. The third-order valence-corrected chi connectivity index (χ3v) is 11.1. The van der Waals surface area contributed by atoms with Gasteiger partial charge in [0.15, 0.2) is 5.65 Å². The highest BCUT2D eigenvalue weighted by Crippen LogP contribution is 2.53. The van der Waals surface area contributed by atoms with E-state index in [1.807, 2.05) is 15.9 Å². The molecule has 0 spiro atoms. The summed E-state index contributed by atoms with van der Waals surface area (Å²) in [4.78, 5) is 14.0. The maximum absolute atomic E-state index is 4.46. The molecule has 2 bridgehead atoms. The number of fused-ring (bicyclic) bond motifs is 4. The molecule has 1 saturated heterocycles. The van der Waals surface area contributed by atoms with Gasteiger partial charge in [0.25, 0.3) is 0 Å². The average molecular weight is 589 g/mol. The summed E-state index contributed by atoms with van der Waals surface area (Å²) in [5.74, 6) is 1.87. The molecule has 1 saturated carbocycles. The van der Waals surface area contributed by atoms with Crippen LogP contribution in [0.3, 0.4) is 0 Å². The molecule has 4 aromatic heterocycles. The van der Waals surface area contributed by atoms with E-state index in [2.05, 4.69) is 101 Å². The molecule has 196 valence electrons. The number of H-pyrrole nitrogens is 1. The fraction of sp³-hybridized carbons (Fsp3) is 0.419. The van der Waals surface area contributed by atoms with Crippen molar-refractivity contribution in [1.29, 1.82) is 0 Å². The first kappa shape index (κ1) is 24.6. The van der Waals surface area contributed by atoms with Crippen molar-refractivity contribution in [1.82, 2.24) is 24.5 Å². The van der Waals surface area contributed by atoms with Gasteiger partial charge in [-0.3, -0.25) is 4.90 Å². The lowest BCUT2D eigenvalue weighted by atomic mass is 9.88. The van der Waals surface area contributed by atoms with Gasteiger partial charge in [-0.2, -0.15) is 5.10 Å². The zero-order valence-corrected chi connectivity index (χ0v) is 25.1. The molecule has 7 heteroatoms. The minimum absolute atomic E-state index is 0.424. The smallest absolute Gasteiger partial charge is 0.158 e. The van der Waals surface area contributed by atoms with Crippen LogP contribution in [0.15, 0.2) is 41.3 Å². The number of aromatic nitrogens is 4. The zero-order valence-electron chi connectivity index (χ0n) is 22.7. The van der Waals surface area contributed by atoms with E-state index >= 15 is 0 Å². The van der Waals surface area contributed by atoms with Gasteiger partial charge in [0.2, 0.25) is 0 Å². The first-order valence-corrected chi connectivity index (χ1v) is 15.3. The Labute approximate surface area is 236 Å². The molecule has 1 aliphatic heterocycles. The highest BCUT2D eigenvalue weighted by atomic mass is 79.9. The Kier molecular flexibility index (Phi) is 5.84. The summed E-state index contributed by atoms with van der Waals surface area (Å²) in [6.45, 7) is 13.7. The van der Waals surface area contributed by atoms with Crippen LogP contribution in [0.4, 0.5) is 0 Å². The minimum Gasteiger partial charge on any atom is -0.346 e. The van der Waals surface area contributed by atoms with E-state index in [-0.39, 0.29) is 0 Å². The fourth-order valence-corrected chi connectivity index (χ4v) is 8.93. The molecule has 7 rings (SSSR count). The van der Waals surface area contributed by atoms with Crippen LogP contribution in [0.5, 0.6) is 0 Å². The predicted octanol–water partition coefficient (Wildman–Crippen LogP) is 8.13. The molecule has 2 fully saturated rings. The minimum atomic E-state index is 0.424. The van der Waals surface area contributed by atoms with Gasteiger partial charge in [-0.15, -0.1) is 11.3 Å². The third kappa shape index (κ3) is 3.73. The van der Waals surface area contributed by atoms with E-state index in [4.69, 9.17) is 0 Å². The van der Waals surface area contributed by atoms with E-state index in [0.29, 0.717) is 17.9 Å². The first-order valence-electron chi connectivity index (χ1n) is 13.7. The van der Waals surface area contributed by atoms with Gasteiger partial charge in [-0.1, -0.05) is 41.9 Å². The molecule has 2 aliphatic rings. The molecule has 5 nitrogen and oxygen atoms in total. The van der Waals surface area contributed by atoms with Crippen molar-refractivity contribution in [3.8, 4) is 11.3 Å². The predicted molar refractivity (Wildman–Crippen MR) is 160 cm³/mol. The Morgan fingerprint density at radius 3 is 2.58 bits per heavy atom. The largest absolute Gasteiger partial charge is 0.346 e. The zero-order chi connectivity index (χ0) is 26.3. The maximum atomic E-state index is 4.46. The molecule has 3 atom stereocenters. The summed E-state index contributed by atoms with van der Waals surface area (Å²) in [5.41, 5.74) is 10.3. The summed E-state index contributed by atoms with van der Waals surface area (Å²) in [6.07, 6.45) is 6.42. The van der Waals surface area contributed by atoms with Gasteiger partial charge in [0, 0.05) is 45.6 Å².